The minimum atomic E-state index is -3.91. The summed E-state index contributed by atoms with van der Waals surface area (Å²) >= 11 is 0. The summed E-state index contributed by atoms with van der Waals surface area (Å²) in [4.78, 5) is 9.93. The highest BCUT2D eigenvalue weighted by Gasteiger charge is 2.33. The maximum atomic E-state index is 12.3. The van der Waals surface area contributed by atoms with E-state index in [0.29, 0.717) is 13.0 Å². The third-order valence-corrected chi connectivity index (χ3v) is 5.16. The number of hydrogen-bond donors (Lipinski definition) is 2. The molecule has 0 aliphatic heterocycles. The zero-order chi connectivity index (χ0) is 14.8. The van der Waals surface area contributed by atoms with Crippen molar-refractivity contribution in [3.63, 3.8) is 0 Å². The van der Waals surface area contributed by atoms with Crippen molar-refractivity contribution in [3.05, 3.63) is 34.4 Å². The van der Waals surface area contributed by atoms with Gasteiger partial charge in [0.1, 0.15) is 0 Å². The molecule has 1 fully saturated rings. The number of nitro groups is 1. The first-order chi connectivity index (χ1) is 9.45. The van der Waals surface area contributed by atoms with Gasteiger partial charge in [-0.3, -0.25) is 10.1 Å². The summed E-state index contributed by atoms with van der Waals surface area (Å²) in [6.45, 7) is 0.407. The van der Waals surface area contributed by atoms with Crippen molar-refractivity contribution in [3.8, 4) is 0 Å². The highest BCUT2D eigenvalue weighted by Crippen LogP contribution is 2.28. The van der Waals surface area contributed by atoms with Crippen LogP contribution in [0.5, 0.6) is 0 Å². The molecule has 0 bridgehead atoms. The maximum absolute atomic E-state index is 12.3. The highest BCUT2D eigenvalue weighted by molar-refractivity contribution is 7.89. The topological polar surface area (TPSA) is 115 Å². The number of nitro benzene ring substituents is 1. The summed E-state index contributed by atoms with van der Waals surface area (Å²) in [7, 11) is -3.91. The molecule has 110 valence electrons. The normalized spacial score (nSPS) is 22.9. The van der Waals surface area contributed by atoms with E-state index in [1.165, 1.54) is 24.3 Å². The first-order valence-electron chi connectivity index (χ1n) is 6.41. The molecule has 0 spiro atoms. The van der Waals surface area contributed by atoms with Crippen molar-refractivity contribution in [2.45, 2.75) is 30.2 Å². The van der Waals surface area contributed by atoms with Gasteiger partial charge in [-0.05, 0) is 31.4 Å². The smallest absolute Gasteiger partial charge is 0.289 e. The standard InChI is InChI=1S/C12H17N3O4S/c13-8-9-4-3-5-10(9)14-20(18,19)12-7-2-1-6-11(12)15(16)17/h1-2,6-7,9-10,14H,3-5,8,13H2. The van der Waals surface area contributed by atoms with Crippen molar-refractivity contribution in [2.75, 3.05) is 6.54 Å². The molecule has 0 radical (unpaired) electrons. The molecule has 2 atom stereocenters. The van der Waals surface area contributed by atoms with Crippen LogP contribution in [0.1, 0.15) is 19.3 Å². The quantitative estimate of drug-likeness (QED) is 0.621. The summed E-state index contributed by atoms with van der Waals surface area (Å²) in [5.41, 5.74) is 5.20. The second-order valence-electron chi connectivity index (χ2n) is 4.88. The molecular formula is C12H17N3O4S. The van der Waals surface area contributed by atoms with Crippen molar-refractivity contribution in [2.24, 2.45) is 11.7 Å². The fourth-order valence-corrected chi connectivity index (χ4v) is 4.08. The fourth-order valence-electron chi connectivity index (χ4n) is 2.57. The van der Waals surface area contributed by atoms with Crippen LogP contribution in [0.3, 0.4) is 0 Å². The van der Waals surface area contributed by atoms with Gasteiger partial charge in [-0.25, -0.2) is 13.1 Å². The van der Waals surface area contributed by atoms with E-state index in [4.69, 9.17) is 5.73 Å². The van der Waals surface area contributed by atoms with Crippen molar-refractivity contribution < 1.29 is 13.3 Å². The molecule has 1 aromatic carbocycles. The minimum Gasteiger partial charge on any atom is -0.330 e. The van der Waals surface area contributed by atoms with Crippen LogP contribution in [-0.4, -0.2) is 25.9 Å². The van der Waals surface area contributed by atoms with E-state index in [1.54, 1.807) is 0 Å². The van der Waals surface area contributed by atoms with Crippen molar-refractivity contribution in [1.82, 2.24) is 4.72 Å². The van der Waals surface area contributed by atoms with Gasteiger partial charge in [0, 0.05) is 12.1 Å². The molecule has 3 N–H and O–H groups in total. The van der Waals surface area contributed by atoms with Crippen LogP contribution >= 0.6 is 0 Å². The second kappa shape index (κ2) is 5.86. The molecule has 1 aromatic rings. The van der Waals surface area contributed by atoms with E-state index in [1.807, 2.05) is 0 Å². The molecule has 0 saturated heterocycles. The Bertz CT molecular complexity index is 602. The van der Waals surface area contributed by atoms with Gasteiger partial charge in [-0.1, -0.05) is 18.6 Å². The van der Waals surface area contributed by atoms with E-state index in [9.17, 15) is 18.5 Å². The maximum Gasteiger partial charge on any atom is 0.289 e. The number of para-hydroxylation sites is 1. The van der Waals surface area contributed by atoms with Gasteiger partial charge in [0.2, 0.25) is 10.0 Å². The lowest BCUT2D eigenvalue weighted by molar-refractivity contribution is -0.387. The Balaban J connectivity index is 2.29. The second-order valence-corrected chi connectivity index (χ2v) is 6.56. The molecule has 2 unspecified atom stereocenters. The molecule has 0 aromatic heterocycles. The average Bonchev–Trinajstić information content (AvgIpc) is 2.85. The first-order valence-corrected chi connectivity index (χ1v) is 7.90. The van der Waals surface area contributed by atoms with Gasteiger partial charge >= 0.3 is 0 Å². The van der Waals surface area contributed by atoms with Crippen LogP contribution in [0.4, 0.5) is 5.69 Å². The van der Waals surface area contributed by atoms with E-state index in [2.05, 4.69) is 4.72 Å². The number of sulfonamides is 1. The molecule has 2 rings (SSSR count). The summed E-state index contributed by atoms with van der Waals surface area (Å²) < 4.78 is 27.2. The van der Waals surface area contributed by atoms with Gasteiger partial charge < -0.3 is 5.73 Å². The van der Waals surface area contributed by atoms with Crippen LogP contribution in [0.15, 0.2) is 29.2 Å². The highest BCUT2D eigenvalue weighted by atomic mass is 32.2. The Morgan fingerprint density at radius 3 is 2.70 bits per heavy atom. The lowest BCUT2D eigenvalue weighted by atomic mass is 10.1. The number of nitrogens with one attached hydrogen (secondary N) is 1. The summed E-state index contributed by atoms with van der Waals surface area (Å²) in [5, 5.41) is 10.9. The molecule has 0 amide bonds. The Labute approximate surface area is 117 Å². The molecule has 1 aliphatic rings. The fraction of sp³-hybridized carbons (Fsp3) is 0.500. The predicted octanol–water partition coefficient (Wildman–Crippen LogP) is 1.00. The minimum absolute atomic E-state index is 0.0903. The largest absolute Gasteiger partial charge is 0.330 e. The third kappa shape index (κ3) is 2.97. The van der Waals surface area contributed by atoms with Crippen LogP contribution in [0.25, 0.3) is 0 Å². The summed E-state index contributed by atoms with van der Waals surface area (Å²) in [6.07, 6.45) is 2.49. The van der Waals surface area contributed by atoms with E-state index >= 15 is 0 Å². The number of hydrogen-bond acceptors (Lipinski definition) is 5. The number of nitrogens with two attached hydrogens (primary N) is 1. The predicted molar refractivity (Wildman–Crippen MR) is 73.6 cm³/mol. The van der Waals surface area contributed by atoms with Gasteiger partial charge in [0.05, 0.1) is 4.92 Å². The third-order valence-electron chi connectivity index (χ3n) is 3.62. The lowest BCUT2D eigenvalue weighted by Gasteiger charge is -2.19. The van der Waals surface area contributed by atoms with Gasteiger partial charge in [0.25, 0.3) is 5.69 Å². The Morgan fingerprint density at radius 2 is 2.05 bits per heavy atom. The van der Waals surface area contributed by atoms with Gasteiger partial charge in [0.15, 0.2) is 4.90 Å². The molecule has 1 aliphatic carbocycles. The van der Waals surface area contributed by atoms with Crippen molar-refractivity contribution >= 4 is 15.7 Å². The zero-order valence-corrected chi connectivity index (χ0v) is 11.7. The zero-order valence-electron chi connectivity index (χ0n) is 10.9. The summed E-state index contributed by atoms with van der Waals surface area (Å²) in [5.74, 6) is 0.0903. The molecule has 0 heterocycles. The van der Waals surface area contributed by atoms with Crippen LogP contribution in [0, 0.1) is 16.0 Å². The monoisotopic (exact) mass is 299 g/mol. The average molecular weight is 299 g/mol. The lowest BCUT2D eigenvalue weighted by Crippen LogP contribution is -2.39. The first kappa shape index (κ1) is 14.9. The SMILES string of the molecule is NCC1CCCC1NS(=O)(=O)c1ccccc1[N+](=O)[O-]. The Morgan fingerprint density at radius 1 is 1.35 bits per heavy atom. The van der Waals surface area contributed by atoms with Crippen LogP contribution in [-0.2, 0) is 10.0 Å². The van der Waals surface area contributed by atoms with E-state index in [-0.39, 0.29) is 16.9 Å². The van der Waals surface area contributed by atoms with Gasteiger partial charge in [-0.15, -0.1) is 0 Å². The van der Waals surface area contributed by atoms with Crippen LogP contribution < -0.4 is 10.5 Å². The molecule has 8 heteroatoms. The molecule has 7 nitrogen and oxygen atoms in total. The Kier molecular flexibility index (Phi) is 4.36. The molecule has 20 heavy (non-hydrogen) atoms. The van der Waals surface area contributed by atoms with Gasteiger partial charge in [-0.2, -0.15) is 0 Å². The Hall–Kier alpha value is -1.51. The molecular weight excluding hydrogens is 282 g/mol. The van der Waals surface area contributed by atoms with E-state index < -0.39 is 20.6 Å². The van der Waals surface area contributed by atoms with Crippen LogP contribution in [0.2, 0.25) is 0 Å². The summed E-state index contributed by atoms with van der Waals surface area (Å²) in [6, 6.07) is 5.09. The van der Waals surface area contributed by atoms with E-state index in [0.717, 1.165) is 12.8 Å². The number of rotatable bonds is 5. The molecule has 1 saturated carbocycles. The van der Waals surface area contributed by atoms with Crippen molar-refractivity contribution in [1.29, 1.82) is 0 Å². The number of benzene rings is 1. The number of nitrogens with zero attached hydrogens (tertiary/aromatic N) is 1.